The Morgan fingerprint density at radius 1 is 0.208 bits per heavy atom. The van der Waals surface area contributed by atoms with Gasteiger partial charge in [-0.1, -0.05) is 133 Å². The summed E-state index contributed by atoms with van der Waals surface area (Å²) in [5, 5.41) is 0. The molecular formula is C46H34N2+2. The Labute approximate surface area is 282 Å². The van der Waals surface area contributed by atoms with Gasteiger partial charge in [0, 0.05) is 59.7 Å². The molecule has 8 aromatic rings. The molecule has 2 heterocycles. The lowest BCUT2D eigenvalue weighted by molar-refractivity contribution is -0.604. The van der Waals surface area contributed by atoms with E-state index in [1.165, 1.54) is 11.1 Å². The van der Waals surface area contributed by atoms with Crippen LogP contribution in [0.15, 0.2) is 206 Å². The zero-order chi connectivity index (χ0) is 32.1. The standard InChI is InChI=1S/C46H34N2/c1-7-19-35(20-8-1)39-31-43(37-23-11-3-12-24-37)47(41-27-15-5-16-28-41)45(33-39)46-34-40(36-21-9-2-10-22-36)32-44(38-25-13-4-14-26-38)48(46)42-29-17-6-18-30-42/h1-34H/q+2. The number of hydrogen-bond acceptors (Lipinski definition) is 0. The number of benzene rings is 6. The minimum absolute atomic E-state index is 1.08. The van der Waals surface area contributed by atoms with Crippen LogP contribution in [0.5, 0.6) is 0 Å². The summed E-state index contributed by atoms with van der Waals surface area (Å²) in [6.07, 6.45) is 0. The summed E-state index contributed by atoms with van der Waals surface area (Å²) in [4.78, 5) is 0. The van der Waals surface area contributed by atoms with Gasteiger partial charge in [-0.05, 0) is 46.5 Å². The second-order valence-corrected chi connectivity index (χ2v) is 11.8. The van der Waals surface area contributed by atoms with E-state index in [-0.39, 0.29) is 0 Å². The Bertz CT molecular complexity index is 2120. The molecule has 0 spiro atoms. The minimum Gasteiger partial charge on any atom is -0.147 e. The van der Waals surface area contributed by atoms with Crippen molar-refractivity contribution in [3.8, 4) is 67.5 Å². The van der Waals surface area contributed by atoms with Gasteiger partial charge in [-0.25, -0.2) is 0 Å². The van der Waals surface area contributed by atoms with E-state index in [0.717, 1.165) is 56.4 Å². The van der Waals surface area contributed by atoms with Gasteiger partial charge in [-0.2, -0.15) is 0 Å². The maximum Gasteiger partial charge on any atom is 0.284 e. The summed E-state index contributed by atoms with van der Waals surface area (Å²) < 4.78 is 4.83. The molecule has 48 heavy (non-hydrogen) atoms. The molecule has 0 fully saturated rings. The van der Waals surface area contributed by atoms with Crippen molar-refractivity contribution in [2.75, 3.05) is 0 Å². The van der Waals surface area contributed by atoms with Gasteiger partial charge in [-0.15, -0.1) is 9.13 Å². The average Bonchev–Trinajstić information content (AvgIpc) is 3.19. The van der Waals surface area contributed by atoms with Crippen molar-refractivity contribution in [3.63, 3.8) is 0 Å². The highest BCUT2D eigenvalue weighted by molar-refractivity contribution is 5.77. The van der Waals surface area contributed by atoms with Gasteiger partial charge in [0.2, 0.25) is 22.8 Å². The predicted molar refractivity (Wildman–Crippen MR) is 197 cm³/mol. The number of hydrogen-bond donors (Lipinski definition) is 0. The van der Waals surface area contributed by atoms with Crippen LogP contribution >= 0.6 is 0 Å². The lowest BCUT2D eigenvalue weighted by Crippen LogP contribution is -2.43. The number of pyridine rings is 2. The van der Waals surface area contributed by atoms with Gasteiger partial charge in [0.15, 0.2) is 0 Å². The van der Waals surface area contributed by atoms with Gasteiger partial charge in [0.25, 0.3) is 11.4 Å². The van der Waals surface area contributed by atoms with Crippen molar-refractivity contribution in [1.82, 2.24) is 0 Å². The zero-order valence-corrected chi connectivity index (χ0v) is 26.5. The molecule has 0 N–H and O–H groups in total. The van der Waals surface area contributed by atoms with Crippen LogP contribution in [0, 0.1) is 0 Å². The second-order valence-electron chi connectivity index (χ2n) is 11.8. The molecule has 0 saturated carbocycles. The molecule has 2 nitrogen and oxygen atoms in total. The van der Waals surface area contributed by atoms with E-state index >= 15 is 0 Å². The Morgan fingerprint density at radius 3 is 0.771 bits per heavy atom. The third-order valence-corrected chi connectivity index (χ3v) is 8.78. The molecule has 0 saturated heterocycles. The van der Waals surface area contributed by atoms with Crippen LogP contribution in [0.2, 0.25) is 0 Å². The lowest BCUT2D eigenvalue weighted by atomic mass is 9.97. The molecule has 0 radical (unpaired) electrons. The van der Waals surface area contributed by atoms with E-state index in [0.29, 0.717) is 0 Å². The first-order valence-electron chi connectivity index (χ1n) is 16.4. The van der Waals surface area contributed by atoms with E-state index in [1.807, 2.05) is 0 Å². The number of aromatic nitrogens is 2. The summed E-state index contributed by atoms with van der Waals surface area (Å²) >= 11 is 0. The van der Waals surface area contributed by atoms with Crippen LogP contribution in [-0.4, -0.2) is 0 Å². The van der Waals surface area contributed by atoms with E-state index in [4.69, 9.17) is 0 Å². The SMILES string of the molecule is c1ccc(-c2cc(-c3ccccc3)[n+](-c3ccccc3)c(-c3cc(-c4ccccc4)cc(-c4ccccc4)[n+]3-c3ccccc3)c2)cc1. The highest BCUT2D eigenvalue weighted by Gasteiger charge is 2.34. The monoisotopic (exact) mass is 614 g/mol. The van der Waals surface area contributed by atoms with Crippen molar-refractivity contribution >= 4 is 0 Å². The van der Waals surface area contributed by atoms with Crippen LogP contribution < -0.4 is 9.13 Å². The minimum atomic E-state index is 1.08. The van der Waals surface area contributed by atoms with Crippen LogP contribution in [-0.2, 0) is 0 Å². The Balaban J connectivity index is 1.57. The molecule has 2 heteroatoms. The highest BCUT2D eigenvalue weighted by atomic mass is 15.1. The van der Waals surface area contributed by atoms with Crippen molar-refractivity contribution in [1.29, 1.82) is 0 Å². The Kier molecular flexibility index (Phi) is 7.96. The molecule has 0 aliphatic heterocycles. The van der Waals surface area contributed by atoms with Crippen LogP contribution in [0.1, 0.15) is 0 Å². The van der Waals surface area contributed by atoms with Gasteiger partial charge in [0.05, 0.1) is 0 Å². The third kappa shape index (κ3) is 5.72. The molecule has 0 bridgehead atoms. The average molecular weight is 615 g/mol. The van der Waals surface area contributed by atoms with Crippen molar-refractivity contribution < 1.29 is 9.13 Å². The van der Waals surface area contributed by atoms with Gasteiger partial charge in [-0.3, -0.25) is 0 Å². The first-order chi connectivity index (χ1) is 23.8. The topological polar surface area (TPSA) is 7.76 Å². The molecule has 226 valence electrons. The van der Waals surface area contributed by atoms with Gasteiger partial charge < -0.3 is 0 Å². The molecule has 0 atom stereocenters. The molecule has 0 amide bonds. The lowest BCUT2D eigenvalue weighted by Gasteiger charge is -2.15. The van der Waals surface area contributed by atoms with E-state index < -0.39 is 0 Å². The summed E-state index contributed by atoms with van der Waals surface area (Å²) in [7, 11) is 0. The fraction of sp³-hybridized carbons (Fsp3) is 0. The molecule has 0 aliphatic carbocycles. The normalized spacial score (nSPS) is 10.9. The molecule has 6 aromatic carbocycles. The molecule has 8 rings (SSSR count). The molecule has 0 aliphatic rings. The fourth-order valence-corrected chi connectivity index (χ4v) is 6.51. The quantitative estimate of drug-likeness (QED) is 0.158. The fourth-order valence-electron chi connectivity index (χ4n) is 6.51. The molecule has 0 unspecified atom stereocenters. The van der Waals surface area contributed by atoms with Crippen LogP contribution in [0.25, 0.3) is 67.5 Å². The Morgan fingerprint density at radius 2 is 0.458 bits per heavy atom. The van der Waals surface area contributed by atoms with Crippen LogP contribution in [0.3, 0.4) is 0 Å². The van der Waals surface area contributed by atoms with Gasteiger partial charge >= 0.3 is 0 Å². The van der Waals surface area contributed by atoms with E-state index in [9.17, 15) is 0 Å². The number of rotatable bonds is 7. The maximum atomic E-state index is 2.42. The Hall–Kier alpha value is -6.38. The first-order valence-corrected chi connectivity index (χ1v) is 16.4. The van der Waals surface area contributed by atoms with Crippen LogP contribution in [0.4, 0.5) is 0 Å². The summed E-state index contributed by atoms with van der Waals surface area (Å²) in [6, 6.07) is 73.6. The molecule has 2 aromatic heterocycles. The molecular weight excluding hydrogens is 581 g/mol. The predicted octanol–water partition coefficient (Wildman–Crippen LogP) is 10.6. The zero-order valence-electron chi connectivity index (χ0n) is 26.5. The number of nitrogens with zero attached hydrogens (tertiary/aromatic N) is 2. The van der Waals surface area contributed by atoms with E-state index in [1.54, 1.807) is 0 Å². The number of para-hydroxylation sites is 2. The van der Waals surface area contributed by atoms with Gasteiger partial charge in [0.1, 0.15) is 0 Å². The van der Waals surface area contributed by atoms with E-state index in [2.05, 4.69) is 215 Å². The highest BCUT2D eigenvalue weighted by Crippen LogP contribution is 2.34. The first kappa shape index (κ1) is 29.1. The van der Waals surface area contributed by atoms with Crippen molar-refractivity contribution in [3.05, 3.63) is 206 Å². The maximum absolute atomic E-state index is 2.42. The van der Waals surface area contributed by atoms with Crippen molar-refractivity contribution in [2.45, 2.75) is 0 Å². The summed E-state index contributed by atoms with van der Waals surface area (Å²) in [6.45, 7) is 0. The van der Waals surface area contributed by atoms with Crippen molar-refractivity contribution in [2.24, 2.45) is 0 Å². The third-order valence-electron chi connectivity index (χ3n) is 8.78. The summed E-state index contributed by atoms with van der Waals surface area (Å²) in [5.41, 5.74) is 13.5. The summed E-state index contributed by atoms with van der Waals surface area (Å²) in [5.74, 6) is 0. The smallest absolute Gasteiger partial charge is 0.147 e. The second kappa shape index (κ2) is 13.2. The largest absolute Gasteiger partial charge is 0.284 e.